The van der Waals surface area contributed by atoms with Gasteiger partial charge in [-0.3, -0.25) is 0 Å². The van der Waals surface area contributed by atoms with Crippen LogP contribution >= 0.6 is 0 Å². The third-order valence-electron chi connectivity index (χ3n) is 2.31. The van der Waals surface area contributed by atoms with Crippen molar-refractivity contribution in [3.05, 3.63) is 61.3 Å². The quantitative estimate of drug-likeness (QED) is 0.409. The Morgan fingerprint density at radius 1 is 1.20 bits per heavy atom. The number of rotatable bonds is 7. The smallest absolute Gasteiger partial charge is 0.00224 e. The lowest BCUT2D eigenvalue weighted by atomic mass is 9.93. The Labute approximate surface area is 94.4 Å². The lowest BCUT2D eigenvalue weighted by Crippen LogP contribution is -1.98. The Balaban J connectivity index is 4.29. The van der Waals surface area contributed by atoms with Gasteiger partial charge in [0.05, 0.1) is 0 Å². The first-order chi connectivity index (χ1) is 6.97. The van der Waals surface area contributed by atoms with Gasteiger partial charge >= 0.3 is 0 Å². The average Bonchev–Trinajstić information content (AvgIpc) is 2.16. The van der Waals surface area contributed by atoms with Crippen LogP contribution in [0.4, 0.5) is 0 Å². The number of allylic oxidation sites excluding steroid dienone is 6. The SMILES string of the molecule is C=CC(=C)CCC(/C=C/C(=C)C)C(=C)C. The summed E-state index contributed by atoms with van der Waals surface area (Å²) >= 11 is 0. The van der Waals surface area contributed by atoms with E-state index in [-0.39, 0.29) is 0 Å². The summed E-state index contributed by atoms with van der Waals surface area (Å²) in [5.74, 6) is 0.415. The molecule has 0 aliphatic rings. The summed E-state index contributed by atoms with van der Waals surface area (Å²) in [5, 5.41) is 0. The minimum absolute atomic E-state index is 0.415. The maximum absolute atomic E-state index is 4.00. The summed E-state index contributed by atoms with van der Waals surface area (Å²) in [4.78, 5) is 0. The lowest BCUT2D eigenvalue weighted by Gasteiger charge is -2.12. The molecule has 0 bridgehead atoms. The fourth-order valence-corrected chi connectivity index (χ4v) is 1.23. The molecule has 0 aliphatic carbocycles. The van der Waals surface area contributed by atoms with Crippen LogP contribution in [0.3, 0.4) is 0 Å². The predicted molar refractivity (Wildman–Crippen MR) is 70.8 cm³/mol. The van der Waals surface area contributed by atoms with Crippen molar-refractivity contribution in [2.24, 2.45) is 5.92 Å². The molecule has 0 saturated carbocycles. The van der Waals surface area contributed by atoms with E-state index in [0.29, 0.717) is 5.92 Å². The Morgan fingerprint density at radius 3 is 2.20 bits per heavy atom. The van der Waals surface area contributed by atoms with Crippen LogP contribution in [0.2, 0.25) is 0 Å². The van der Waals surface area contributed by atoms with Crippen molar-refractivity contribution in [3.8, 4) is 0 Å². The second-order valence-corrected chi connectivity index (χ2v) is 4.06. The summed E-state index contributed by atoms with van der Waals surface area (Å²) in [5.41, 5.74) is 3.35. The molecule has 0 spiro atoms. The average molecular weight is 202 g/mol. The van der Waals surface area contributed by atoms with Crippen LogP contribution < -0.4 is 0 Å². The van der Waals surface area contributed by atoms with Gasteiger partial charge in [-0.25, -0.2) is 0 Å². The van der Waals surface area contributed by atoms with E-state index in [4.69, 9.17) is 0 Å². The molecule has 0 N–H and O–H groups in total. The predicted octanol–water partition coefficient (Wildman–Crippen LogP) is 4.83. The zero-order valence-corrected chi connectivity index (χ0v) is 10.1. The van der Waals surface area contributed by atoms with Gasteiger partial charge in [-0.15, -0.1) is 0 Å². The van der Waals surface area contributed by atoms with Crippen molar-refractivity contribution >= 4 is 0 Å². The van der Waals surface area contributed by atoms with Gasteiger partial charge in [0.15, 0.2) is 0 Å². The lowest BCUT2D eigenvalue weighted by molar-refractivity contribution is 0.677. The number of hydrogen-bond donors (Lipinski definition) is 0. The summed E-state index contributed by atoms with van der Waals surface area (Å²) in [6.07, 6.45) is 8.06. The fraction of sp³-hybridized carbons (Fsp3) is 0.333. The highest BCUT2D eigenvalue weighted by molar-refractivity contribution is 5.18. The number of hydrogen-bond acceptors (Lipinski definition) is 0. The molecule has 0 aromatic heterocycles. The van der Waals surface area contributed by atoms with Gasteiger partial charge in [-0.1, -0.05) is 61.3 Å². The van der Waals surface area contributed by atoms with Gasteiger partial charge in [-0.2, -0.15) is 0 Å². The molecule has 1 unspecified atom stereocenters. The summed E-state index contributed by atoms with van der Waals surface area (Å²) in [6.45, 7) is 19.5. The van der Waals surface area contributed by atoms with Crippen LogP contribution in [-0.4, -0.2) is 0 Å². The topological polar surface area (TPSA) is 0 Å². The summed E-state index contributed by atoms with van der Waals surface area (Å²) < 4.78 is 0. The standard InChI is InChI=1S/C15H22/c1-7-14(6)9-11-15(13(4)5)10-8-12(2)3/h7-8,10,15H,1-2,4,6,9,11H2,3,5H3/b10-8+. The molecule has 0 nitrogen and oxygen atoms in total. The van der Waals surface area contributed by atoms with Gasteiger partial charge in [0.2, 0.25) is 0 Å². The highest BCUT2D eigenvalue weighted by Gasteiger charge is 2.05. The van der Waals surface area contributed by atoms with Crippen LogP contribution in [-0.2, 0) is 0 Å². The van der Waals surface area contributed by atoms with E-state index >= 15 is 0 Å². The fourth-order valence-electron chi connectivity index (χ4n) is 1.23. The molecule has 1 atom stereocenters. The molecule has 0 aromatic carbocycles. The molecule has 82 valence electrons. The van der Waals surface area contributed by atoms with Crippen molar-refractivity contribution in [2.75, 3.05) is 0 Å². The van der Waals surface area contributed by atoms with Gasteiger partial charge in [0, 0.05) is 0 Å². The van der Waals surface area contributed by atoms with Gasteiger partial charge in [0.1, 0.15) is 0 Å². The Morgan fingerprint density at radius 2 is 1.80 bits per heavy atom. The minimum Gasteiger partial charge on any atom is -0.0995 e. The van der Waals surface area contributed by atoms with Crippen LogP contribution in [0.1, 0.15) is 26.7 Å². The Bertz CT molecular complexity index is 289. The van der Waals surface area contributed by atoms with Gasteiger partial charge < -0.3 is 0 Å². The molecule has 15 heavy (non-hydrogen) atoms. The normalized spacial score (nSPS) is 12.4. The maximum atomic E-state index is 4.00. The van der Waals surface area contributed by atoms with Gasteiger partial charge in [-0.05, 0) is 32.6 Å². The van der Waals surface area contributed by atoms with E-state index in [2.05, 4.69) is 45.4 Å². The first-order valence-electron chi connectivity index (χ1n) is 5.26. The first kappa shape index (κ1) is 13.7. The van der Waals surface area contributed by atoms with Crippen molar-refractivity contribution in [1.29, 1.82) is 0 Å². The molecule has 0 heterocycles. The molecule has 0 amide bonds. The Hall–Kier alpha value is -1.30. The van der Waals surface area contributed by atoms with Crippen molar-refractivity contribution in [3.63, 3.8) is 0 Å². The van der Waals surface area contributed by atoms with Crippen LogP contribution in [0.25, 0.3) is 0 Å². The van der Waals surface area contributed by atoms with E-state index in [1.165, 1.54) is 5.57 Å². The first-order valence-corrected chi connectivity index (χ1v) is 5.26. The summed E-state index contributed by atoms with van der Waals surface area (Å²) in [6, 6.07) is 0. The van der Waals surface area contributed by atoms with Gasteiger partial charge in [0.25, 0.3) is 0 Å². The largest absolute Gasteiger partial charge is 0.0995 e. The minimum atomic E-state index is 0.415. The highest BCUT2D eigenvalue weighted by atomic mass is 14.1. The second kappa shape index (κ2) is 7.05. The molecular formula is C15H22. The molecule has 0 heteroatoms. The van der Waals surface area contributed by atoms with E-state index in [9.17, 15) is 0 Å². The molecular weight excluding hydrogens is 180 g/mol. The van der Waals surface area contributed by atoms with E-state index in [1.807, 2.05) is 13.0 Å². The second-order valence-electron chi connectivity index (χ2n) is 4.06. The van der Waals surface area contributed by atoms with Crippen LogP contribution in [0, 0.1) is 5.92 Å². The zero-order valence-electron chi connectivity index (χ0n) is 10.1. The van der Waals surface area contributed by atoms with E-state index < -0.39 is 0 Å². The molecule has 0 fully saturated rings. The monoisotopic (exact) mass is 202 g/mol. The molecule has 0 aliphatic heterocycles. The summed E-state index contributed by atoms with van der Waals surface area (Å²) in [7, 11) is 0. The van der Waals surface area contributed by atoms with E-state index in [1.54, 1.807) is 0 Å². The molecule has 0 rings (SSSR count). The van der Waals surface area contributed by atoms with E-state index in [0.717, 1.165) is 24.0 Å². The molecule has 0 radical (unpaired) electrons. The third-order valence-corrected chi connectivity index (χ3v) is 2.31. The molecule has 0 aromatic rings. The van der Waals surface area contributed by atoms with Crippen LogP contribution in [0.5, 0.6) is 0 Å². The Kier molecular flexibility index (Phi) is 6.44. The maximum Gasteiger partial charge on any atom is -0.00224 e. The zero-order chi connectivity index (χ0) is 11.8. The van der Waals surface area contributed by atoms with Crippen molar-refractivity contribution in [2.45, 2.75) is 26.7 Å². The third kappa shape index (κ3) is 6.73. The molecule has 0 saturated heterocycles. The highest BCUT2D eigenvalue weighted by Crippen LogP contribution is 2.20. The van der Waals surface area contributed by atoms with Crippen molar-refractivity contribution < 1.29 is 0 Å². The van der Waals surface area contributed by atoms with Crippen molar-refractivity contribution in [1.82, 2.24) is 0 Å². The van der Waals surface area contributed by atoms with Crippen LogP contribution in [0.15, 0.2) is 61.3 Å².